The summed E-state index contributed by atoms with van der Waals surface area (Å²) < 4.78 is 10.4. The number of amides is 2. The molecule has 0 aliphatic heterocycles. The van der Waals surface area contributed by atoms with Gasteiger partial charge in [-0.1, -0.05) is 0 Å². The summed E-state index contributed by atoms with van der Waals surface area (Å²) in [5.74, 6) is 0.260. The highest BCUT2D eigenvalue weighted by molar-refractivity contribution is 5.82. The predicted octanol–water partition coefficient (Wildman–Crippen LogP) is 1.15. The Morgan fingerprint density at radius 1 is 1.45 bits per heavy atom. The maximum absolute atomic E-state index is 10.9. The minimum Gasteiger partial charge on any atom is -0.493 e. The van der Waals surface area contributed by atoms with Gasteiger partial charge in [0, 0.05) is 12.5 Å². The fourth-order valence-electron chi connectivity index (χ4n) is 1.44. The first-order valence-corrected chi connectivity index (χ1v) is 6.00. The Bertz CT molecular complexity index is 514. The van der Waals surface area contributed by atoms with Crippen molar-refractivity contribution in [1.29, 1.82) is 0 Å². The lowest BCUT2D eigenvalue weighted by Crippen LogP contribution is -2.24. The number of nitrogens with two attached hydrogens (primary N) is 1. The first kappa shape index (κ1) is 15.5. The van der Waals surface area contributed by atoms with Crippen LogP contribution in [0, 0.1) is 0 Å². The minimum absolute atomic E-state index is 0.107. The third-order valence-corrected chi connectivity index (χ3v) is 2.20. The van der Waals surface area contributed by atoms with Crippen molar-refractivity contribution >= 4 is 18.2 Å². The maximum Gasteiger partial charge on any atom is 0.332 e. The average molecular weight is 279 g/mol. The maximum atomic E-state index is 10.9. The minimum atomic E-state index is -0.743. The Hall–Kier alpha value is -2.57. The summed E-state index contributed by atoms with van der Waals surface area (Å²) in [6, 6.07) is 4.51. The molecule has 0 atom stereocenters. The van der Waals surface area contributed by atoms with Gasteiger partial charge in [0.15, 0.2) is 0 Å². The summed E-state index contributed by atoms with van der Waals surface area (Å²) in [4.78, 5) is 21.4. The standard InChI is InChI=1S/C13H17N3O4/c1-3-19-12-5-4-10(7-15-16-13(14)18)6-11(12)8-20-9(2)17/h4-7H,3,8H2,1-2H3,(H3,14,16,18). The molecule has 0 aromatic heterocycles. The molecule has 0 heterocycles. The fraction of sp³-hybridized carbons (Fsp3) is 0.308. The second kappa shape index (κ2) is 7.78. The normalized spacial score (nSPS) is 10.3. The van der Waals surface area contributed by atoms with Gasteiger partial charge in [0.1, 0.15) is 12.4 Å². The lowest BCUT2D eigenvalue weighted by Gasteiger charge is -2.10. The van der Waals surface area contributed by atoms with Crippen molar-refractivity contribution in [1.82, 2.24) is 5.43 Å². The molecule has 7 nitrogen and oxygen atoms in total. The van der Waals surface area contributed by atoms with Crippen LogP contribution in [0.25, 0.3) is 0 Å². The number of hydrogen-bond donors (Lipinski definition) is 2. The molecule has 108 valence electrons. The van der Waals surface area contributed by atoms with E-state index in [9.17, 15) is 9.59 Å². The number of carbonyl (C=O) groups is 2. The van der Waals surface area contributed by atoms with E-state index in [-0.39, 0.29) is 12.6 Å². The van der Waals surface area contributed by atoms with Crippen molar-refractivity contribution in [3.63, 3.8) is 0 Å². The number of nitrogens with zero attached hydrogens (tertiary/aromatic N) is 1. The van der Waals surface area contributed by atoms with Crippen molar-refractivity contribution in [2.24, 2.45) is 10.8 Å². The lowest BCUT2D eigenvalue weighted by atomic mass is 10.1. The summed E-state index contributed by atoms with van der Waals surface area (Å²) in [5.41, 5.74) is 8.41. The van der Waals surface area contributed by atoms with Gasteiger partial charge in [-0.05, 0) is 30.7 Å². The molecule has 7 heteroatoms. The molecule has 0 aliphatic carbocycles. The highest BCUT2D eigenvalue weighted by Gasteiger charge is 2.06. The Labute approximate surface area is 116 Å². The Balaban J connectivity index is 2.87. The van der Waals surface area contributed by atoms with Crippen LogP contribution >= 0.6 is 0 Å². The summed E-state index contributed by atoms with van der Waals surface area (Å²) in [7, 11) is 0. The molecule has 3 N–H and O–H groups in total. The van der Waals surface area contributed by atoms with Crippen LogP contribution in [-0.4, -0.2) is 24.8 Å². The zero-order chi connectivity index (χ0) is 15.0. The van der Waals surface area contributed by atoms with E-state index >= 15 is 0 Å². The summed E-state index contributed by atoms with van der Waals surface area (Å²) in [6.07, 6.45) is 1.43. The molecule has 0 unspecified atom stereocenters. The van der Waals surface area contributed by atoms with Gasteiger partial charge < -0.3 is 15.2 Å². The molecule has 1 aromatic carbocycles. The molecule has 0 spiro atoms. The van der Waals surface area contributed by atoms with E-state index in [2.05, 4.69) is 10.5 Å². The smallest absolute Gasteiger partial charge is 0.332 e. The van der Waals surface area contributed by atoms with Gasteiger partial charge in [-0.25, -0.2) is 10.2 Å². The third-order valence-electron chi connectivity index (χ3n) is 2.20. The molecule has 2 amide bonds. The molecule has 1 aromatic rings. The number of primary amides is 1. The molecule has 0 saturated heterocycles. The number of ether oxygens (including phenoxy) is 2. The van der Waals surface area contributed by atoms with Crippen molar-refractivity contribution in [3.05, 3.63) is 29.3 Å². The Kier molecular flexibility index (Phi) is 6.02. The van der Waals surface area contributed by atoms with E-state index in [1.54, 1.807) is 18.2 Å². The van der Waals surface area contributed by atoms with Crippen molar-refractivity contribution in [2.75, 3.05) is 6.61 Å². The second-order valence-electron chi connectivity index (χ2n) is 3.81. The van der Waals surface area contributed by atoms with Crippen molar-refractivity contribution in [2.45, 2.75) is 20.5 Å². The molecule has 1 rings (SSSR count). The molecule has 0 saturated carbocycles. The van der Waals surface area contributed by atoms with Crippen molar-refractivity contribution in [3.8, 4) is 5.75 Å². The highest BCUT2D eigenvalue weighted by Crippen LogP contribution is 2.20. The number of hydrogen-bond acceptors (Lipinski definition) is 5. The van der Waals surface area contributed by atoms with Gasteiger partial charge in [-0.3, -0.25) is 4.79 Å². The van der Waals surface area contributed by atoms with Crippen LogP contribution < -0.4 is 15.9 Å². The Morgan fingerprint density at radius 3 is 2.80 bits per heavy atom. The van der Waals surface area contributed by atoms with E-state index in [0.717, 1.165) is 0 Å². The first-order valence-electron chi connectivity index (χ1n) is 6.00. The van der Waals surface area contributed by atoms with Gasteiger partial charge in [0.2, 0.25) is 0 Å². The number of rotatable bonds is 6. The van der Waals surface area contributed by atoms with Gasteiger partial charge >= 0.3 is 12.0 Å². The average Bonchev–Trinajstić information content (AvgIpc) is 2.38. The molecule has 0 aliphatic rings. The monoisotopic (exact) mass is 279 g/mol. The molecule has 0 radical (unpaired) electrons. The number of urea groups is 1. The van der Waals surface area contributed by atoms with Crippen LogP contribution in [0.5, 0.6) is 5.75 Å². The van der Waals surface area contributed by atoms with Crippen LogP contribution in [-0.2, 0) is 16.1 Å². The van der Waals surface area contributed by atoms with E-state index in [0.29, 0.717) is 23.5 Å². The zero-order valence-electron chi connectivity index (χ0n) is 11.4. The van der Waals surface area contributed by atoms with Crippen LogP contribution in [0.1, 0.15) is 25.0 Å². The number of carbonyl (C=O) groups excluding carboxylic acids is 2. The number of esters is 1. The van der Waals surface area contributed by atoms with Crippen LogP contribution in [0.15, 0.2) is 23.3 Å². The van der Waals surface area contributed by atoms with Gasteiger partial charge in [-0.15, -0.1) is 0 Å². The van der Waals surface area contributed by atoms with E-state index in [1.165, 1.54) is 13.1 Å². The summed E-state index contributed by atoms with van der Waals surface area (Å²) in [6.45, 7) is 3.81. The summed E-state index contributed by atoms with van der Waals surface area (Å²) >= 11 is 0. The van der Waals surface area contributed by atoms with Crippen LogP contribution in [0.2, 0.25) is 0 Å². The Morgan fingerprint density at radius 2 is 2.20 bits per heavy atom. The lowest BCUT2D eigenvalue weighted by molar-refractivity contribution is -0.142. The predicted molar refractivity (Wildman–Crippen MR) is 73.4 cm³/mol. The van der Waals surface area contributed by atoms with Crippen LogP contribution in [0.4, 0.5) is 4.79 Å². The largest absolute Gasteiger partial charge is 0.493 e. The van der Waals surface area contributed by atoms with Crippen LogP contribution in [0.3, 0.4) is 0 Å². The number of nitrogens with one attached hydrogen (secondary N) is 1. The molecule has 20 heavy (non-hydrogen) atoms. The topological polar surface area (TPSA) is 103 Å². The number of hydrazone groups is 1. The van der Waals surface area contributed by atoms with Gasteiger partial charge in [-0.2, -0.15) is 5.10 Å². The first-order chi connectivity index (χ1) is 9.52. The second-order valence-corrected chi connectivity index (χ2v) is 3.81. The molecule has 0 fully saturated rings. The summed E-state index contributed by atoms with van der Waals surface area (Å²) in [5, 5.41) is 3.66. The highest BCUT2D eigenvalue weighted by atomic mass is 16.5. The van der Waals surface area contributed by atoms with E-state index in [4.69, 9.17) is 15.2 Å². The molecular weight excluding hydrogens is 262 g/mol. The quantitative estimate of drug-likeness (QED) is 0.463. The molecule has 0 bridgehead atoms. The van der Waals surface area contributed by atoms with Crippen molar-refractivity contribution < 1.29 is 19.1 Å². The van der Waals surface area contributed by atoms with Gasteiger partial charge in [0.25, 0.3) is 0 Å². The van der Waals surface area contributed by atoms with Gasteiger partial charge in [0.05, 0.1) is 12.8 Å². The molecular formula is C13H17N3O4. The fourth-order valence-corrected chi connectivity index (χ4v) is 1.44. The third kappa shape index (κ3) is 5.38. The zero-order valence-corrected chi connectivity index (χ0v) is 11.4. The van der Waals surface area contributed by atoms with E-state index in [1.807, 2.05) is 6.92 Å². The number of benzene rings is 1. The SMILES string of the molecule is CCOc1ccc(C=NNC(N)=O)cc1COC(C)=O. The van der Waals surface area contributed by atoms with E-state index < -0.39 is 6.03 Å².